The molecule has 5 heteroatoms. The molecule has 0 aromatic heterocycles. The van der Waals surface area contributed by atoms with Crippen molar-refractivity contribution in [3.63, 3.8) is 0 Å². The van der Waals surface area contributed by atoms with Gasteiger partial charge in [-0.25, -0.2) is 0 Å². The van der Waals surface area contributed by atoms with Gasteiger partial charge in [-0.3, -0.25) is 4.79 Å². The molecule has 4 nitrogen and oxygen atoms in total. The van der Waals surface area contributed by atoms with E-state index in [1.807, 2.05) is 0 Å². The monoisotopic (exact) mass is 160 g/mol. The second-order valence-electron chi connectivity index (χ2n) is 2.20. The van der Waals surface area contributed by atoms with Crippen molar-refractivity contribution in [1.82, 2.24) is 10.6 Å². The van der Waals surface area contributed by atoms with Gasteiger partial charge in [-0.1, -0.05) is 0 Å². The number of aliphatic hydroxyl groups excluding tert-OH is 1. The molecule has 3 N–H and O–H groups in total. The summed E-state index contributed by atoms with van der Waals surface area (Å²) in [6, 6.07) is 0. The highest BCUT2D eigenvalue weighted by molar-refractivity contribution is 7.80. The zero-order valence-electron chi connectivity index (χ0n) is 5.42. The highest BCUT2D eigenvalue weighted by Crippen LogP contribution is 2.03. The Balaban J connectivity index is 2.66. The zero-order valence-corrected chi connectivity index (χ0v) is 6.23. The van der Waals surface area contributed by atoms with Crippen molar-refractivity contribution >= 4 is 23.2 Å². The van der Waals surface area contributed by atoms with Crippen LogP contribution >= 0.6 is 12.2 Å². The lowest BCUT2D eigenvalue weighted by atomic mass is 10.1. The van der Waals surface area contributed by atoms with Gasteiger partial charge in [0.25, 0.3) is 0 Å². The quantitative estimate of drug-likeness (QED) is 0.395. The van der Waals surface area contributed by atoms with Crippen LogP contribution in [0.1, 0.15) is 6.92 Å². The van der Waals surface area contributed by atoms with E-state index >= 15 is 0 Å². The number of amides is 1. The lowest BCUT2D eigenvalue weighted by Gasteiger charge is -2.26. The molecule has 0 saturated carbocycles. The van der Waals surface area contributed by atoms with E-state index in [0.717, 1.165) is 0 Å². The molecule has 0 radical (unpaired) electrons. The lowest BCUT2D eigenvalue weighted by molar-refractivity contribution is -0.128. The average Bonchev–Trinajstić information content (AvgIpc) is 1.82. The molecule has 1 aliphatic rings. The van der Waals surface area contributed by atoms with Crippen LogP contribution < -0.4 is 10.6 Å². The predicted octanol–water partition coefficient (Wildman–Crippen LogP) is -1.05. The van der Waals surface area contributed by atoms with Gasteiger partial charge in [-0.05, 0) is 19.1 Å². The summed E-state index contributed by atoms with van der Waals surface area (Å²) in [5.41, 5.74) is 0. The number of nitrogens with one attached hydrogen (secondary N) is 2. The van der Waals surface area contributed by atoms with Gasteiger partial charge in [0.05, 0.1) is 5.92 Å². The number of hydrogen-bond donors (Lipinski definition) is 3. The molecule has 1 fully saturated rings. The van der Waals surface area contributed by atoms with Gasteiger partial charge in [-0.15, -0.1) is 0 Å². The molecule has 1 saturated heterocycles. The van der Waals surface area contributed by atoms with E-state index in [-0.39, 0.29) is 11.0 Å². The SMILES string of the molecule is CC1C(=O)NC(=S)NC1O. The smallest absolute Gasteiger partial charge is 0.233 e. The highest BCUT2D eigenvalue weighted by Gasteiger charge is 2.27. The first-order valence-electron chi connectivity index (χ1n) is 2.90. The molecule has 1 heterocycles. The van der Waals surface area contributed by atoms with Gasteiger partial charge in [0.1, 0.15) is 6.23 Å². The Bertz CT molecular complexity index is 182. The summed E-state index contributed by atoms with van der Waals surface area (Å²) in [5, 5.41) is 14.1. The third kappa shape index (κ3) is 1.25. The van der Waals surface area contributed by atoms with E-state index in [0.29, 0.717) is 0 Å². The minimum atomic E-state index is -0.846. The van der Waals surface area contributed by atoms with Gasteiger partial charge in [0, 0.05) is 0 Å². The number of carbonyl (C=O) groups excluding carboxylic acids is 1. The first-order valence-corrected chi connectivity index (χ1v) is 3.31. The fourth-order valence-electron chi connectivity index (χ4n) is 0.665. The van der Waals surface area contributed by atoms with Crippen molar-refractivity contribution in [2.75, 3.05) is 0 Å². The molecule has 1 aliphatic heterocycles. The van der Waals surface area contributed by atoms with Crippen molar-refractivity contribution in [1.29, 1.82) is 0 Å². The first-order chi connectivity index (χ1) is 4.61. The van der Waals surface area contributed by atoms with Gasteiger partial charge >= 0.3 is 0 Å². The molecule has 10 heavy (non-hydrogen) atoms. The molecule has 0 aliphatic carbocycles. The van der Waals surface area contributed by atoms with Crippen molar-refractivity contribution in [3.8, 4) is 0 Å². The van der Waals surface area contributed by atoms with E-state index in [9.17, 15) is 4.79 Å². The highest BCUT2D eigenvalue weighted by atomic mass is 32.1. The molecular formula is C5H8N2O2S. The van der Waals surface area contributed by atoms with E-state index < -0.39 is 12.1 Å². The second kappa shape index (κ2) is 2.51. The summed E-state index contributed by atoms with van der Waals surface area (Å²) in [7, 11) is 0. The Morgan fingerprint density at radius 3 is 2.80 bits per heavy atom. The summed E-state index contributed by atoms with van der Waals surface area (Å²) in [6.07, 6.45) is -0.846. The maximum atomic E-state index is 10.8. The number of aliphatic hydroxyl groups is 1. The van der Waals surface area contributed by atoms with E-state index in [2.05, 4.69) is 22.9 Å². The molecule has 0 spiro atoms. The normalized spacial score (nSPS) is 33.0. The zero-order chi connectivity index (χ0) is 7.72. The Morgan fingerprint density at radius 2 is 2.30 bits per heavy atom. The van der Waals surface area contributed by atoms with Crippen LogP contribution in [0.5, 0.6) is 0 Å². The van der Waals surface area contributed by atoms with Crippen LogP contribution in [0.3, 0.4) is 0 Å². The van der Waals surface area contributed by atoms with Crippen LogP contribution in [0.2, 0.25) is 0 Å². The molecule has 1 amide bonds. The number of thiocarbonyl (C=S) groups is 1. The molecule has 0 aromatic rings. The van der Waals surface area contributed by atoms with Gasteiger partial charge < -0.3 is 15.7 Å². The van der Waals surface area contributed by atoms with Crippen molar-refractivity contribution in [2.45, 2.75) is 13.2 Å². The fraction of sp³-hybridized carbons (Fsp3) is 0.600. The summed E-state index contributed by atoms with van der Waals surface area (Å²) in [6.45, 7) is 1.62. The third-order valence-electron chi connectivity index (χ3n) is 1.40. The van der Waals surface area contributed by atoms with Crippen LogP contribution in [-0.4, -0.2) is 22.4 Å². The summed E-state index contributed by atoms with van der Waals surface area (Å²) < 4.78 is 0. The Hall–Kier alpha value is -0.680. The fourth-order valence-corrected chi connectivity index (χ4v) is 0.886. The number of hydrogen-bond acceptors (Lipinski definition) is 3. The maximum absolute atomic E-state index is 10.8. The minimum Gasteiger partial charge on any atom is -0.373 e. The van der Waals surface area contributed by atoms with Crippen LogP contribution in [0.15, 0.2) is 0 Å². The maximum Gasteiger partial charge on any atom is 0.233 e. The molecule has 2 unspecified atom stereocenters. The summed E-state index contributed by atoms with van der Waals surface area (Å²) in [4.78, 5) is 10.8. The molecule has 2 atom stereocenters. The van der Waals surface area contributed by atoms with E-state index in [1.54, 1.807) is 6.92 Å². The largest absolute Gasteiger partial charge is 0.373 e. The Morgan fingerprint density at radius 1 is 1.70 bits per heavy atom. The summed E-state index contributed by atoms with van der Waals surface area (Å²) >= 11 is 4.61. The van der Waals surface area contributed by atoms with Gasteiger partial charge in [-0.2, -0.15) is 0 Å². The van der Waals surface area contributed by atoms with Gasteiger partial charge in [0.15, 0.2) is 5.11 Å². The minimum absolute atomic E-state index is 0.190. The Kier molecular flexibility index (Phi) is 1.87. The first kappa shape index (κ1) is 7.43. The standard InChI is InChI=1S/C5H8N2O2S/c1-2-3(8)6-5(10)7-4(2)9/h2-3,8H,1H3,(H2,6,7,9,10). The molecule has 56 valence electrons. The van der Waals surface area contributed by atoms with Crippen LogP contribution in [0.25, 0.3) is 0 Å². The van der Waals surface area contributed by atoms with Gasteiger partial charge in [0.2, 0.25) is 5.91 Å². The topological polar surface area (TPSA) is 61.4 Å². The molecular weight excluding hydrogens is 152 g/mol. The van der Waals surface area contributed by atoms with E-state index in [1.165, 1.54) is 0 Å². The second-order valence-corrected chi connectivity index (χ2v) is 2.60. The number of rotatable bonds is 0. The van der Waals surface area contributed by atoms with Crippen molar-refractivity contribution < 1.29 is 9.90 Å². The molecule has 0 aromatic carbocycles. The predicted molar refractivity (Wildman–Crippen MR) is 39.0 cm³/mol. The lowest BCUT2D eigenvalue weighted by Crippen LogP contribution is -2.57. The van der Waals surface area contributed by atoms with Crippen LogP contribution in [0, 0.1) is 5.92 Å². The van der Waals surface area contributed by atoms with E-state index in [4.69, 9.17) is 5.11 Å². The number of carbonyl (C=O) groups is 1. The van der Waals surface area contributed by atoms with Crippen molar-refractivity contribution in [2.24, 2.45) is 5.92 Å². The summed E-state index contributed by atoms with van der Waals surface area (Å²) in [5.74, 6) is -0.678. The Labute approximate surface area is 63.6 Å². The average molecular weight is 160 g/mol. The molecule has 1 rings (SSSR count). The van der Waals surface area contributed by atoms with Crippen molar-refractivity contribution in [3.05, 3.63) is 0 Å². The molecule has 0 bridgehead atoms. The van der Waals surface area contributed by atoms with Crippen LogP contribution in [0.4, 0.5) is 0 Å². The third-order valence-corrected chi connectivity index (χ3v) is 1.62. The van der Waals surface area contributed by atoms with Crippen LogP contribution in [-0.2, 0) is 4.79 Å².